The Kier molecular flexibility index (Phi) is 4.15. The first-order valence-electron chi connectivity index (χ1n) is 6.91. The Morgan fingerprint density at radius 1 is 1.24 bits per heavy atom. The first-order chi connectivity index (χ1) is 10.3. The van der Waals surface area contributed by atoms with Crippen LogP contribution in [0.4, 0.5) is 0 Å². The van der Waals surface area contributed by atoms with E-state index < -0.39 is 0 Å². The van der Waals surface area contributed by atoms with Gasteiger partial charge < -0.3 is 9.94 Å². The van der Waals surface area contributed by atoms with E-state index in [-0.39, 0.29) is 0 Å². The molecule has 0 aromatic heterocycles. The predicted molar refractivity (Wildman–Crippen MR) is 85.8 cm³/mol. The molecule has 2 aromatic rings. The minimum Gasteiger partial charge on any atom is -0.493 e. The van der Waals surface area contributed by atoms with Crippen molar-refractivity contribution in [1.29, 1.82) is 0 Å². The molecule has 0 fully saturated rings. The van der Waals surface area contributed by atoms with Crippen LogP contribution < -0.4 is 4.74 Å². The maximum Gasteiger partial charge on any atom is 0.119 e. The Balaban J connectivity index is 1.64. The van der Waals surface area contributed by atoms with E-state index in [4.69, 9.17) is 9.94 Å². The second-order valence-corrected chi connectivity index (χ2v) is 6.13. The lowest BCUT2D eigenvalue weighted by atomic mass is 10.0. The first kappa shape index (κ1) is 14.0. The van der Waals surface area contributed by atoms with Crippen LogP contribution in [-0.2, 0) is 0 Å². The number of nitrogens with zero attached hydrogens (tertiary/aromatic N) is 1. The van der Waals surface area contributed by atoms with Gasteiger partial charge in [-0.05, 0) is 48.4 Å². The van der Waals surface area contributed by atoms with Crippen molar-refractivity contribution in [2.24, 2.45) is 5.16 Å². The third-order valence-corrected chi connectivity index (χ3v) is 4.92. The van der Waals surface area contributed by atoms with Gasteiger partial charge >= 0.3 is 0 Å². The number of hydrogen-bond donors (Lipinski definition) is 1. The molecule has 0 aliphatic carbocycles. The maximum atomic E-state index is 8.75. The number of oxime groups is 1. The third kappa shape index (κ3) is 3.05. The van der Waals surface area contributed by atoms with Crippen molar-refractivity contribution in [3.05, 3.63) is 59.7 Å². The van der Waals surface area contributed by atoms with Gasteiger partial charge in [-0.1, -0.05) is 23.4 Å². The van der Waals surface area contributed by atoms with Gasteiger partial charge in [0.2, 0.25) is 0 Å². The second-order valence-electron chi connectivity index (χ2n) is 5.07. The Labute approximate surface area is 128 Å². The van der Waals surface area contributed by atoms with E-state index >= 15 is 0 Å². The lowest BCUT2D eigenvalue weighted by molar-refractivity contribution is 0.298. The molecule has 1 aliphatic rings. The van der Waals surface area contributed by atoms with Gasteiger partial charge in [-0.25, -0.2) is 0 Å². The molecule has 0 bridgehead atoms. The van der Waals surface area contributed by atoms with Crippen molar-refractivity contribution < 1.29 is 9.94 Å². The van der Waals surface area contributed by atoms with Crippen molar-refractivity contribution in [3.8, 4) is 5.75 Å². The highest BCUT2D eigenvalue weighted by molar-refractivity contribution is 7.99. The van der Waals surface area contributed by atoms with E-state index in [0.717, 1.165) is 17.1 Å². The topological polar surface area (TPSA) is 41.8 Å². The summed E-state index contributed by atoms with van der Waals surface area (Å²) >= 11 is 1.90. The quantitative estimate of drug-likeness (QED) is 0.524. The average molecular weight is 299 g/mol. The molecule has 0 radical (unpaired) electrons. The molecule has 0 amide bonds. The molecule has 1 heterocycles. The first-order valence-corrected chi connectivity index (χ1v) is 7.90. The van der Waals surface area contributed by atoms with Crippen LogP contribution in [0.5, 0.6) is 5.75 Å². The zero-order chi connectivity index (χ0) is 14.7. The van der Waals surface area contributed by atoms with Gasteiger partial charge in [-0.3, -0.25) is 0 Å². The second kappa shape index (κ2) is 6.22. The summed E-state index contributed by atoms with van der Waals surface area (Å²) in [6.45, 7) is 2.46. The molecule has 0 spiro atoms. The summed E-state index contributed by atoms with van der Waals surface area (Å²) in [6.07, 6.45) is 0. The summed E-state index contributed by atoms with van der Waals surface area (Å²) in [5, 5.41) is 11.9. The van der Waals surface area contributed by atoms with Crippen LogP contribution in [0.3, 0.4) is 0 Å². The molecule has 1 aliphatic heterocycles. The molecule has 1 unspecified atom stereocenters. The summed E-state index contributed by atoms with van der Waals surface area (Å²) in [4.78, 5) is 1.37. The van der Waals surface area contributed by atoms with Gasteiger partial charge in [0, 0.05) is 16.6 Å². The van der Waals surface area contributed by atoms with Crippen LogP contribution in [0, 0.1) is 0 Å². The molecule has 3 nitrogen and oxygen atoms in total. The maximum absolute atomic E-state index is 8.75. The number of thioether (sulfide) groups is 1. The number of fused-ring (bicyclic) bond motifs is 1. The Bertz CT molecular complexity index is 652. The number of rotatable bonds is 4. The molecule has 1 N–H and O–H groups in total. The van der Waals surface area contributed by atoms with Crippen LogP contribution in [0.2, 0.25) is 0 Å². The standard InChI is InChI=1S/C17H17NO2S/c1-12(18-19)13-6-8-15(9-7-13)20-10-14-11-21-17-5-3-2-4-16(14)17/h2-9,14,19H,10-11H2,1H3. The Hall–Kier alpha value is -1.94. The Morgan fingerprint density at radius 2 is 2.00 bits per heavy atom. The molecule has 0 saturated heterocycles. The van der Waals surface area contributed by atoms with Crippen molar-refractivity contribution in [2.75, 3.05) is 12.4 Å². The monoisotopic (exact) mass is 299 g/mol. The van der Waals surface area contributed by atoms with E-state index in [0.29, 0.717) is 18.2 Å². The van der Waals surface area contributed by atoms with Gasteiger partial charge in [0.25, 0.3) is 0 Å². The number of hydrogen-bond acceptors (Lipinski definition) is 4. The highest BCUT2D eigenvalue weighted by atomic mass is 32.2. The van der Waals surface area contributed by atoms with Gasteiger partial charge in [0.1, 0.15) is 5.75 Å². The van der Waals surface area contributed by atoms with E-state index in [2.05, 4.69) is 29.4 Å². The smallest absolute Gasteiger partial charge is 0.119 e. The fraction of sp³-hybridized carbons (Fsp3) is 0.235. The molecule has 2 aromatic carbocycles. The molecule has 1 atom stereocenters. The fourth-order valence-electron chi connectivity index (χ4n) is 2.41. The highest BCUT2D eigenvalue weighted by Crippen LogP contribution is 2.39. The summed E-state index contributed by atoms with van der Waals surface area (Å²) in [5.41, 5.74) is 2.89. The molecule has 3 rings (SSSR count). The summed E-state index contributed by atoms with van der Waals surface area (Å²) in [5.74, 6) is 2.37. The van der Waals surface area contributed by atoms with Gasteiger partial charge in [0.15, 0.2) is 0 Å². The minimum absolute atomic E-state index is 0.451. The lowest BCUT2D eigenvalue weighted by Crippen LogP contribution is -2.09. The summed E-state index contributed by atoms with van der Waals surface area (Å²) in [6, 6.07) is 16.2. The third-order valence-electron chi connectivity index (χ3n) is 3.67. The largest absolute Gasteiger partial charge is 0.493 e. The SMILES string of the molecule is CC(=NO)c1ccc(OCC2CSc3ccccc32)cc1. The highest BCUT2D eigenvalue weighted by Gasteiger charge is 2.23. The number of benzene rings is 2. The minimum atomic E-state index is 0.451. The molecular formula is C17H17NO2S. The average Bonchev–Trinajstić information content (AvgIpc) is 2.96. The van der Waals surface area contributed by atoms with E-state index in [1.165, 1.54) is 10.5 Å². The van der Waals surface area contributed by atoms with Gasteiger partial charge in [-0.2, -0.15) is 0 Å². The van der Waals surface area contributed by atoms with Crippen LogP contribution in [0.15, 0.2) is 58.6 Å². The van der Waals surface area contributed by atoms with Crippen LogP contribution in [-0.4, -0.2) is 23.3 Å². The Morgan fingerprint density at radius 3 is 2.76 bits per heavy atom. The summed E-state index contributed by atoms with van der Waals surface area (Å²) < 4.78 is 5.90. The van der Waals surface area contributed by atoms with Crippen molar-refractivity contribution in [1.82, 2.24) is 0 Å². The van der Waals surface area contributed by atoms with Crippen molar-refractivity contribution >= 4 is 17.5 Å². The molecule has 21 heavy (non-hydrogen) atoms. The van der Waals surface area contributed by atoms with E-state index in [1.807, 2.05) is 36.0 Å². The predicted octanol–water partition coefficient (Wildman–Crippen LogP) is 4.15. The normalized spacial score (nSPS) is 17.6. The molecule has 0 saturated carbocycles. The zero-order valence-corrected chi connectivity index (χ0v) is 12.6. The van der Waals surface area contributed by atoms with Gasteiger partial charge in [-0.15, -0.1) is 11.8 Å². The zero-order valence-electron chi connectivity index (χ0n) is 11.8. The van der Waals surface area contributed by atoms with E-state index in [1.54, 1.807) is 6.92 Å². The molecule has 4 heteroatoms. The molecular weight excluding hydrogens is 282 g/mol. The summed E-state index contributed by atoms with van der Waals surface area (Å²) in [7, 11) is 0. The van der Waals surface area contributed by atoms with Gasteiger partial charge in [0.05, 0.1) is 12.3 Å². The van der Waals surface area contributed by atoms with Crippen molar-refractivity contribution in [3.63, 3.8) is 0 Å². The van der Waals surface area contributed by atoms with Crippen LogP contribution in [0.25, 0.3) is 0 Å². The van der Waals surface area contributed by atoms with E-state index in [9.17, 15) is 0 Å². The lowest BCUT2D eigenvalue weighted by Gasteiger charge is -2.13. The van der Waals surface area contributed by atoms with Crippen LogP contribution >= 0.6 is 11.8 Å². The van der Waals surface area contributed by atoms with Crippen molar-refractivity contribution in [2.45, 2.75) is 17.7 Å². The number of ether oxygens (including phenoxy) is 1. The fourth-order valence-corrected chi connectivity index (χ4v) is 3.65. The molecule has 108 valence electrons. The van der Waals surface area contributed by atoms with Crippen LogP contribution in [0.1, 0.15) is 24.0 Å².